The van der Waals surface area contributed by atoms with Crippen LogP contribution in [-0.2, 0) is 11.3 Å². The highest BCUT2D eigenvalue weighted by atomic mass is 79.9. The number of hydrogen-bond donors (Lipinski definition) is 0. The molecule has 0 aliphatic heterocycles. The molecule has 0 N–H and O–H groups in total. The number of carbonyl (C=O) groups excluding carboxylic acids is 1. The monoisotopic (exact) mass is 448 g/mol. The van der Waals surface area contributed by atoms with Gasteiger partial charge in [-0.15, -0.1) is 0 Å². The van der Waals surface area contributed by atoms with Crippen LogP contribution in [0.3, 0.4) is 0 Å². The minimum atomic E-state index is -0.567. The number of esters is 1. The molecule has 0 aliphatic rings. The van der Waals surface area contributed by atoms with Crippen LogP contribution in [0.5, 0.6) is 5.75 Å². The maximum atomic E-state index is 12.3. The van der Waals surface area contributed by atoms with E-state index in [0.29, 0.717) is 22.3 Å². The summed E-state index contributed by atoms with van der Waals surface area (Å²) in [5, 5.41) is 1.48. The third-order valence-electron chi connectivity index (χ3n) is 4.47. The number of fused-ring (bicyclic) bond motifs is 1. The van der Waals surface area contributed by atoms with Crippen molar-refractivity contribution in [3.05, 3.63) is 88.8 Å². The van der Waals surface area contributed by atoms with Crippen LogP contribution in [0.1, 0.15) is 16.1 Å². The fourth-order valence-electron chi connectivity index (χ4n) is 3.02. The zero-order valence-electron chi connectivity index (χ0n) is 15.6. The lowest BCUT2D eigenvalue weighted by Crippen LogP contribution is -2.10. The number of nitrogens with zero attached hydrogens (tertiary/aromatic N) is 2. The topological polar surface area (TPSA) is 61.3 Å². The molecule has 0 unspecified atom stereocenters. The second-order valence-corrected chi connectivity index (χ2v) is 7.08. The first-order valence-electron chi connectivity index (χ1n) is 8.97. The predicted molar refractivity (Wildman–Crippen MR) is 115 cm³/mol. The lowest BCUT2D eigenvalue weighted by atomic mass is 10.1. The quantitative estimate of drug-likeness (QED) is 0.301. The third kappa shape index (κ3) is 3.98. The van der Waals surface area contributed by atoms with Crippen molar-refractivity contribution in [2.24, 2.45) is 0 Å². The summed E-state index contributed by atoms with van der Waals surface area (Å²) in [4.78, 5) is 21.3. The van der Waals surface area contributed by atoms with Crippen LogP contribution in [0.2, 0.25) is 0 Å². The molecule has 2 aromatic heterocycles. The number of halogens is 1. The van der Waals surface area contributed by atoms with Gasteiger partial charge in [-0.25, -0.2) is 9.78 Å². The summed E-state index contributed by atoms with van der Waals surface area (Å²) in [6.45, 7) is 0.295. The van der Waals surface area contributed by atoms with Crippen molar-refractivity contribution < 1.29 is 14.3 Å². The van der Waals surface area contributed by atoms with Crippen LogP contribution in [0.15, 0.2) is 77.5 Å². The zero-order valence-corrected chi connectivity index (χ0v) is 17.2. The zero-order chi connectivity index (χ0) is 20.2. The maximum absolute atomic E-state index is 12.3. The molecule has 0 fully saturated rings. The highest BCUT2D eigenvalue weighted by Crippen LogP contribution is 2.35. The van der Waals surface area contributed by atoms with Gasteiger partial charge in [-0.05, 0) is 27.6 Å². The van der Waals surface area contributed by atoms with Crippen molar-refractivity contribution in [3.63, 3.8) is 0 Å². The van der Waals surface area contributed by atoms with Crippen molar-refractivity contribution >= 4 is 32.7 Å². The smallest absolute Gasteiger partial charge is 0.360 e. The van der Waals surface area contributed by atoms with Crippen molar-refractivity contribution in [1.82, 2.24) is 9.97 Å². The SMILES string of the molecule is COC(=O)c1nc(Br)c2cc(-c3ccccc3)ncc2c1OCc1ccccc1. The van der Waals surface area contributed by atoms with Gasteiger partial charge in [0.05, 0.1) is 12.8 Å². The van der Waals surface area contributed by atoms with E-state index in [1.807, 2.05) is 66.7 Å². The molecule has 0 spiro atoms. The summed E-state index contributed by atoms with van der Waals surface area (Å²) in [5.41, 5.74) is 2.89. The fourth-order valence-corrected chi connectivity index (χ4v) is 3.53. The average Bonchev–Trinajstić information content (AvgIpc) is 2.79. The van der Waals surface area contributed by atoms with E-state index in [2.05, 4.69) is 25.9 Å². The van der Waals surface area contributed by atoms with Crippen LogP contribution >= 0.6 is 15.9 Å². The number of ether oxygens (including phenoxy) is 2. The Hall–Kier alpha value is -3.25. The van der Waals surface area contributed by atoms with Crippen LogP contribution in [0, 0.1) is 0 Å². The number of benzene rings is 2. The number of pyridine rings is 2. The Bertz CT molecular complexity index is 1170. The summed E-state index contributed by atoms with van der Waals surface area (Å²) in [6.07, 6.45) is 1.71. The molecule has 29 heavy (non-hydrogen) atoms. The Morgan fingerprint density at radius 1 is 1.00 bits per heavy atom. The van der Waals surface area contributed by atoms with Gasteiger partial charge in [0.25, 0.3) is 0 Å². The first-order chi connectivity index (χ1) is 14.2. The molecule has 144 valence electrons. The van der Waals surface area contributed by atoms with Crippen molar-refractivity contribution in [2.75, 3.05) is 7.11 Å². The summed E-state index contributed by atoms with van der Waals surface area (Å²) in [7, 11) is 1.32. The van der Waals surface area contributed by atoms with Gasteiger partial charge in [0, 0.05) is 22.5 Å². The number of aromatic nitrogens is 2. The molecule has 0 radical (unpaired) electrons. The largest absolute Gasteiger partial charge is 0.486 e. The molecule has 4 aromatic rings. The summed E-state index contributed by atoms with van der Waals surface area (Å²) in [6, 6.07) is 21.5. The summed E-state index contributed by atoms with van der Waals surface area (Å²) in [5.74, 6) is -0.214. The van der Waals surface area contributed by atoms with Gasteiger partial charge in [0.2, 0.25) is 0 Å². The molecule has 0 bridgehead atoms. The van der Waals surface area contributed by atoms with Gasteiger partial charge in [0.15, 0.2) is 11.4 Å². The summed E-state index contributed by atoms with van der Waals surface area (Å²) >= 11 is 3.48. The summed E-state index contributed by atoms with van der Waals surface area (Å²) < 4.78 is 11.5. The van der Waals surface area contributed by atoms with E-state index in [-0.39, 0.29) is 5.69 Å². The average molecular weight is 449 g/mol. The highest BCUT2D eigenvalue weighted by Gasteiger charge is 2.22. The minimum absolute atomic E-state index is 0.108. The van der Waals surface area contributed by atoms with E-state index in [4.69, 9.17) is 9.47 Å². The molecule has 2 aromatic carbocycles. The fraction of sp³-hybridized carbons (Fsp3) is 0.0870. The Morgan fingerprint density at radius 2 is 1.69 bits per heavy atom. The Labute approximate surface area is 176 Å². The molecule has 0 amide bonds. The second-order valence-electron chi connectivity index (χ2n) is 6.33. The first kappa shape index (κ1) is 19.1. The lowest BCUT2D eigenvalue weighted by molar-refractivity contribution is 0.0588. The number of methoxy groups -OCH3 is 1. The normalized spacial score (nSPS) is 10.7. The van der Waals surface area contributed by atoms with Gasteiger partial charge in [-0.2, -0.15) is 0 Å². The van der Waals surface area contributed by atoms with Gasteiger partial charge < -0.3 is 9.47 Å². The second kappa shape index (κ2) is 8.41. The molecule has 6 heteroatoms. The molecule has 2 heterocycles. The highest BCUT2D eigenvalue weighted by molar-refractivity contribution is 9.10. The Kier molecular flexibility index (Phi) is 5.53. The first-order valence-corrected chi connectivity index (χ1v) is 9.76. The molecule has 0 saturated carbocycles. The van der Waals surface area contributed by atoms with Crippen LogP contribution in [-0.4, -0.2) is 23.0 Å². The van der Waals surface area contributed by atoms with Crippen LogP contribution in [0.4, 0.5) is 0 Å². The van der Waals surface area contributed by atoms with Crippen LogP contribution in [0.25, 0.3) is 22.0 Å². The molecule has 0 saturated heterocycles. The van der Waals surface area contributed by atoms with E-state index < -0.39 is 5.97 Å². The lowest BCUT2D eigenvalue weighted by Gasteiger charge is -2.14. The van der Waals surface area contributed by atoms with Gasteiger partial charge in [0.1, 0.15) is 11.2 Å². The van der Waals surface area contributed by atoms with E-state index in [9.17, 15) is 4.79 Å². The van der Waals surface area contributed by atoms with Gasteiger partial charge in [-0.1, -0.05) is 60.7 Å². The number of rotatable bonds is 5. The van der Waals surface area contributed by atoms with Crippen molar-refractivity contribution in [3.8, 4) is 17.0 Å². The van der Waals surface area contributed by atoms with Crippen LogP contribution < -0.4 is 4.74 Å². The predicted octanol–water partition coefficient (Wildman–Crippen LogP) is 5.42. The van der Waals surface area contributed by atoms with E-state index in [1.54, 1.807) is 6.20 Å². The van der Waals surface area contributed by atoms with Crippen molar-refractivity contribution in [2.45, 2.75) is 6.61 Å². The Balaban J connectivity index is 1.83. The molecule has 4 rings (SSSR count). The number of hydrogen-bond acceptors (Lipinski definition) is 5. The van der Waals surface area contributed by atoms with E-state index in [0.717, 1.165) is 22.2 Å². The van der Waals surface area contributed by atoms with Gasteiger partial charge in [-0.3, -0.25) is 4.98 Å². The standard InChI is InChI=1S/C23H17BrN2O3/c1-28-23(27)20-21(29-14-15-8-4-2-5-9-15)18-13-25-19(12-17(18)22(24)26-20)16-10-6-3-7-11-16/h2-13H,14H2,1H3. The maximum Gasteiger partial charge on any atom is 0.360 e. The van der Waals surface area contributed by atoms with E-state index in [1.165, 1.54) is 7.11 Å². The van der Waals surface area contributed by atoms with Crippen molar-refractivity contribution in [1.29, 1.82) is 0 Å². The molecule has 5 nitrogen and oxygen atoms in total. The third-order valence-corrected chi connectivity index (χ3v) is 5.07. The molecule has 0 aliphatic carbocycles. The van der Waals surface area contributed by atoms with Gasteiger partial charge >= 0.3 is 5.97 Å². The molecule has 0 atom stereocenters. The molecular formula is C23H17BrN2O3. The minimum Gasteiger partial charge on any atom is -0.486 e. The molecular weight excluding hydrogens is 432 g/mol. The van der Waals surface area contributed by atoms with E-state index >= 15 is 0 Å². The number of carbonyl (C=O) groups is 1. The Morgan fingerprint density at radius 3 is 2.38 bits per heavy atom.